The lowest BCUT2D eigenvalue weighted by molar-refractivity contribution is 0.0696. The summed E-state index contributed by atoms with van der Waals surface area (Å²) in [5.74, 6) is -1.10. The fraction of sp³-hybridized carbons (Fsp3) is 0.231. The molecule has 19 heavy (non-hydrogen) atoms. The van der Waals surface area contributed by atoms with Gasteiger partial charge in [-0.2, -0.15) is 4.98 Å². The summed E-state index contributed by atoms with van der Waals surface area (Å²) in [5, 5.41) is 9.27. The topological polar surface area (TPSA) is 85.1 Å². The lowest BCUT2D eigenvalue weighted by atomic mass is 10.1. The van der Waals surface area contributed by atoms with E-state index in [1.807, 2.05) is 0 Å². The van der Waals surface area contributed by atoms with Crippen LogP contribution in [0.25, 0.3) is 11.3 Å². The summed E-state index contributed by atoms with van der Waals surface area (Å²) in [4.78, 5) is 31.1. The Balaban J connectivity index is 2.21. The highest BCUT2D eigenvalue weighted by Gasteiger charge is 2.27. The predicted molar refractivity (Wildman–Crippen MR) is 67.0 cm³/mol. The molecule has 1 N–H and O–H groups in total. The number of pyridine rings is 1. The highest BCUT2D eigenvalue weighted by Crippen LogP contribution is 2.34. The molecule has 1 saturated carbocycles. The first kappa shape index (κ1) is 11.6. The summed E-state index contributed by atoms with van der Waals surface area (Å²) in [6.07, 6.45) is 6.25. The SMILES string of the molecule is O=C(O)c1cn(C2CC2)c(=O)nc1-c1cccnc1. The van der Waals surface area contributed by atoms with E-state index in [1.165, 1.54) is 17.0 Å². The molecule has 0 saturated heterocycles. The van der Waals surface area contributed by atoms with Crippen LogP contribution in [0.15, 0.2) is 35.5 Å². The van der Waals surface area contributed by atoms with Crippen molar-refractivity contribution in [2.75, 3.05) is 0 Å². The van der Waals surface area contributed by atoms with Crippen molar-refractivity contribution < 1.29 is 9.90 Å². The Morgan fingerprint density at radius 2 is 2.21 bits per heavy atom. The van der Waals surface area contributed by atoms with Gasteiger partial charge in [0, 0.05) is 30.2 Å². The molecule has 1 fully saturated rings. The zero-order valence-corrected chi connectivity index (χ0v) is 9.98. The minimum absolute atomic E-state index is 0.0273. The summed E-state index contributed by atoms with van der Waals surface area (Å²) in [7, 11) is 0. The number of hydrogen-bond donors (Lipinski definition) is 1. The Morgan fingerprint density at radius 1 is 1.42 bits per heavy atom. The van der Waals surface area contributed by atoms with Crippen LogP contribution in [0.3, 0.4) is 0 Å². The van der Waals surface area contributed by atoms with Gasteiger partial charge in [-0.25, -0.2) is 9.59 Å². The molecule has 0 bridgehead atoms. The van der Waals surface area contributed by atoms with Crippen LogP contribution in [0, 0.1) is 0 Å². The second-order valence-corrected chi connectivity index (χ2v) is 4.47. The van der Waals surface area contributed by atoms with Gasteiger partial charge in [0.1, 0.15) is 5.56 Å². The monoisotopic (exact) mass is 257 g/mol. The third kappa shape index (κ3) is 2.12. The van der Waals surface area contributed by atoms with Crippen molar-refractivity contribution in [2.45, 2.75) is 18.9 Å². The highest BCUT2D eigenvalue weighted by atomic mass is 16.4. The average Bonchev–Trinajstić information content (AvgIpc) is 3.23. The molecule has 0 spiro atoms. The fourth-order valence-corrected chi connectivity index (χ4v) is 1.96. The van der Waals surface area contributed by atoms with Crippen LogP contribution < -0.4 is 5.69 Å². The van der Waals surface area contributed by atoms with E-state index in [0.29, 0.717) is 5.56 Å². The van der Waals surface area contributed by atoms with Crippen LogP contribution in [0.2, 0.25) is 0 Å². The van der Waals surface area contributed by atoms with Gasteiger partial charge in [-0.05, 0) is 25.0 Å². The van der Waals surface area contributed by atoms with Gasteiger partial charge in [0.15, 0.2) is 0 Å². The van der Waals surface area contributed by atoms with Crippen LogP contribution >= 0.6 is 0 Å². The first-order valence-electron chi connectivity index (χ1n) is 5.93. The molecule has 1 aliphatic rings. The van der Waals surface area contributed by atoms with E-state index >= 15 is 0 Å². The largest absolute Gasteiger partial charge is 0.478 e. The normalized spacial score (nSPS) is 14.3. The summed E-state index contributed by atoms with van der Waals surface area (Å²) >= 11 is 0. The molecule has 0 unspecified atom stereocenters. The van der Waals surface area contributed by atoms with Gasteiger partial charge in [0.05, 0.1) is 5.69 Å². The van der Waals surface area contributed by atoms with Crippen molar-refractivity contribution in [3.05, 3.63) is 46.8 Å². The molecule has 1 aliphatic carbocycles. The van der Waals surface area contributed by atoms with E-state index in [-0.39, 0.29) is 17.3 Å². The quantitative estimate of drug-likeness (QED) is 0.896. The smallest absolute Gasteiger partial charge is 0.348 e. The lowest BCUT2D eigenvalue weighted by Crippen LogP contribution is -2.24. The maximum Gasteiger partial charge on any atom is 0.348 e. The summed E-state index contributed by atoms with van der Waals surface area (Å²) in [6, 6.07) is 3.46. The first-order chi connectivity index (χ1) is 9.16. The molecule has 2 heterocycles. The predicted octanol–water partition coefficient (Wildman–Crippen LogP) is 1.34. The Hall–Kier alpha value is -2.50. The van der Waals surface area contributed by atoms with Gasteiger partial charge >= 0.3 is 11.7 Å². The van der Waals surface area contributed by atoms with Gasteiger partial charge in [-0.1, -0.05) is 0 Å². The molecular formula is C13H11N3O3. The number of aromatic carboxylic acids is 1. The Morgan fingerprint density at radius 3 is 2.79 bits per heavy atom. The van der Waals surface area contributed by atoms with Crippen LogP contribution in [0.4, 0.5) is 0 Å². The number of carboxylic acid groups (broad SMARTS) is 1. The fourth-order valence-electron chi connectivity index (χ4n) is 1.96. The molecule has 0 amide bonds. The Bertz CT molecular complexity index is 690. The third-order valence-corrected chi connectivity index (χ3v) is 3.06. The van der Waals surface area contributed by atoms with E-state index in [9.17, 15) is 14.7 Å². The molecule has 96 valence electrons. The van der Waals surface area contributed by atoms with E-state index in [1.54, 1.807) is 18.3 Å². The molecule has 0 aromatic carbocycles. The highest BCUT2D eigenvalue weighted by molar-refractivity contribution is 5.94. The molecule has 0 radical (unpaired) electrons. The van der Waals surface area contributed by atoms with Crippen LogP contribution in [-0.2, 0) is 0 Å². The Labute approximate surface area is 108 Å². The number of aromatic nitrogens is 3. The number of hydrogen-bond acceptors (Lipinski definition) is 4. The second-order valence-electron chi connectivity index (χ2n) is 4.47. The van der Waals surface area contributed by atoms with Gasteiger partial charge in [0.25, 0.3) is 0 Å². The zero-order valence-electron chi connectivity index (χ0n) is 9.98. The van der Waals surface area contributed by atoms with Crippen molar-refractivity contribution in [3.8, 4) is 11.3 Å². The zero-order chi connectivity index (χ0) is 13.4. The second kappa shape index (κ2) is 4.31. The molecule has 6 nitrogen and oxygen atoms in total. The van der Waals surface area contributed by atoms with Crippen molar-refractivity contribution in [1.82, 2.24) is 14.5 Å². The molecule has 2 aromatic rings. The van der Waals surface area contributed by atoms with Gasteiger partial charge < -0.3 is 5.11 Å². The van der Waals surface area contributed by atoms with Crippen LogP contribution in [0.5, 0.6) is 0 Å². The maximum absolute atomic E-state index is 11.9. The number of carboxylic acids is 1. The number of nitrogens with zero attached hydrogens (tertiary/aromatic N) is 3. The van der Waals surface area contributed by atoms with Gasteiger partial charge in [-0.15, -0.1) is 0 Å². The number of rotatable bonds is 3. The minimum atomic E-state index is -1.10. The molecule has 0 atom stereocenters. The first-order valence-corrected chi connectivity index (χ1v) is 5.93. The number of carbonyl (C=O) groups is 1. The van der Waals surface area contributed by atoms with E-state index in [2.05, 4.69) is 9.97 Å². The van der Waals surface area contributed by atoms with Crippen molar-refractivity contribution >= 4 is 5.97 Å². The summed E-state index contributed by atoms with van der Waals surface area (Å²) in [6.45, 7) is 0. The average molecular weight is 257 g/mol. The van der Waals surface area contributed by atoms with E-state index in [0.717, 1.165) is 12.8 Å². The standard InChI is InChI=1S/C13H11N3O3/c17-12(18)10-7-16(9-3-4-9)13(19)15-11(10)8-2-1-5-14-6-8/h1-2,5-7,9H,3-4H2,(H,17,18). The molecule has 2 aromatic heterocycles. The van der Waals surface area contributed by atoms with Crippen LogP contribution in [-0.4, -0.2) is 25.6 Å². The van der Waals surface area contributed by atoms with E-state index < -0.39 is 11.7 Å². The molecule has 6 heteroatoms. The maximum atomic E-state index is 11.9. The molecule has 3 rings (SSSR count). The van der Waals surface area contributed by atoms with Crippen molar-refractivity contribution in [1.29, 1.82) is 0 Å². The van der Waals surface area contributed by atoms with Crippen LogP contribution in [0.1, 0.15) is 29.2 Å². The van der Waals surface area contributed by atoms with Crippen molar-refractivity contribution in [3.63, 3.8) is 0 Å². The van der Waals surface area contributed by atoms with Gasteiger partial charge in [-0.3, -0.25) is 9.55 Å². The van der Waals surface area contributed by atoms with E-state index in [4.69, 9.17) is 0 Å². The third-order valence-electron chi connectivity index (χ3n) is 3.06. The van der Waals surface area contributed by atoms with Crippen molar-refractivity contribution in [2.24, 2.45) is 0 Å². The minimum Gasteiger partial charge on any atom is -0.478 e. The Kier molecular flexibility index (Phi) is 2.63. The summed E-state index contributed by atoms with van der Waals surface area (Å²) < 4.78 is 1.41. The molecular weight excluding hydrogens is 246 g/mol. The van der Waals surface area contributed by atoms with Gasteiger partial charge in [0.2, 0.25) is 0 Å². The lowest BCUT2D eigenvalue weighted by Gasteiger charge is -2.08. The summed E-state index contributed by atoms with van der Waals surface area (Å²) in [5.41, 5.74) is 0.313. The molecule has 0 aliphatic heterocycles.